The van der Waals surface area contributed by atoms with Crippen LogP contribution in [0.2, 0.25) is 0 Å². The summed E-state index contributed by atoms with van der Waals surface area (Å²) in [4.78, 5) is 12.5. The molecule has 7 heteroatoms. The molecule has 1 unspecified atom stereocenters. The molecule has 0 saturated heterocycles. The molecule has 0 fully saturated rings. The van der Waals surface area contributed by atoms with Crippen LogP contribution in [0.1, 0.15) is 48.3 Å². The number of hydrogen-bond donors (Lipinski definition) is 1. The normalized spacial score (nSPS) is 12.6. The summed E-state index contributed by atoms with van der Waals surface area (Å²) in [6.07, 6.45) is 0. The van der Waals surface area contributed by atoms with E-state index in [0.717, 1.165) is 12.7 Å². The number of rotatable bonds is 5. The Balaban J connectivity index is 2.33. The Hall–Kier alpha value is -2.21. The Kier molecular flexibility index (Phi) is 6.42. The predicted molar refractivity (Wildman–Crippen MR) is 98.9 cm³/mol. The number of benzene rings is 2. The molecule has 0 spiro atoms. The van der Waals surface area contributed by atoms with Crippen LogP contribution in [0.25, 0.3) is 0 Å². The highest BCUT2D eigenvalue weighted by atomic mass is 35.5. The van der Waals surface area contributed by atoms with Gasteiger partial charge in [-0.1, -0.05) is 45.0 Å². The number of alkyl halides is 1. The molecule has 2 rings (SSSR count). The van der Waals surface area contributed by atoms with Gasteiger partial charge in [0.2, 0.25) is 0 Å². The molecule has 0 heterocycles. The lowest BCUT2D eigenvalue weighted by Gasteiger charge is -2.22. The molecule has 0 aliphatic carbocycles. The second-order valence-electron chi connectivity index (χ2n) is 7.11. The summed E-state index contributed by atoms with van der Waals surface area (Å²) < 4.78 is 46.2. The molecular weight excluding hydrogens is 379 g/mol. The Labute approximate surface area is 161 Å². The van der Waals surface area contributed by atoms with E-state index >= 15 is 0 Å². The molecule has 1 N–H and O–H groups in total. The van der Waals surface area contributed by atoms with E-state index < -0.39 is 40.7 Å². The summed E-state index contributed by atoms with van der Waals surface area (Å²) in [5, 5.41) is 2.50. The molecule has 3 nitrogen and oxygen atoms in total. The second kappa shape index (κ2) is 8.21. The number of hydrogen-bond acceptors (Lipinski definition) is 2. The molecule has 0 aliphatic heterocycles. The Morgan fingerprint density at radius 2 is 1.74 bits per heavy atom. The van der Waals surface area contributed by atoms with Gasteiger partial charge < -0.3 is 10.1 Å². The van der Waals surface area contributed by atoms with Crippen molar-refractivity contribution in [3.63, 3.8) is 0 Å². The van der Waals surface area contributed by atoms with Crippen LogP contribution in [0.15, 0.2) is 30.3 Å². The first-order chi connectivity index (χ1) is 12.6. The minimum Gasteiger partial charge on any atom is -0.493 e. The lowest BCUT2D eigenvalue weighted by Crippen LogP contribution is -2.31. The maximum atomic E-state index is 14.1. The monoisotopic (exact) mass is 399 g/mol. The van der Waals surface area contributed by atoms with Crippen LogP contribution < -0.4 is 10.1 Å². The van der Waals surface area contributed by atoms with Crippen molar-refractivity contribution in [3.05, 3.63) is 64.5 Å². The number of carbonyl (C=O) groups is 1. The van der Waals surface area contributed by atoms with E-state index in [1.165, 1.54) is 0 Å². The molecule has 0 radical (unpaired) electrons. The zero-order valence-electron chi connectivity index (χ0n) is 15.5. The summed E-state index contributed by atoms with van der Waals surface area (Å²) in [7, 11) is 1.07. The van der Waals surface area contributed by atoms with E-state index in [9.17, 15) is 18.0 Å². The third-order valence-electron chi connectivity index (χ3n) is 4.20. The fourth-order valence-corrected chi connectivity index (χ4v) is 2.89. The highest BCUT2D eigenvalue weighted by Crippen LogP contribution is 2.29. The number of halogens is 4. The number of nitrogens with one attached hydrogen (secondary N) is 1. The molecule has 0 aliphatic rings. The smallest absolute Gasteiger partial charge is 0.258 e. The average molecular weight is 400 g/mol. The van der Waals surface area contributed by atoms with Crippen molar-refractivity contribution >= 4 is 17.5 Å². The third-order valence-corrected chi connectivity index (χ3v) is 4.51. The SMILES string of the molecule is COc1c(F)cc(F)c(F)c1C(=O)NC(CCl)c1ccc(C(C)(C)C)cc1. The summed E-state index contributed by atoms with van der Waals surface area (Å²) in [5.41, 5.74) is 0.887. The Morgan fingerprint density at radius 3 is 2.22 bits per heavy atom. The number of methoxy groups -OCH3 is 1. The summed E-state index contributed by atoms with van der Waals surface area (Å²) in [6, 6.07) is 7.06. The van der Waals surface area contributed by atoms with Crippen LogP contribution in [0.4, 0.5) is 13.2 Å². The van der Waals surface area contributed by atoms with Crippen molar-refractivity contribution in [1.82, 2.24) is 5.32 Å². The first-order valence-corrected chi connectivity index (χ1v) is 8.82. The van der Waals surface area contributed by atoms with Crippen LogP contribution in [-0.2, 0) is 5.41 Å². The minimum absolute atomic E-state index is 0.0116. The first kappa shape index (κ1) is 21.1. The standard InChI is InChI=1S/C20H21ClF3NO2/c1-20(2,3)12-7-5-11(6-8-12)15(10-21)25-19(26)16-17(24)13(22)9-14(23)18(16)27-4/h5-9,15H,10H2,1-4H3,(H,25,26). The van der Waals surface area contributed by atoms with Gasteiger partial charge in [-0.3, -0.25) is 4.79 Å². The molecule has 0 saturated carbocycles. The van der Waals surface area contributed by atoms with E-state index in [0.29, 0.717) is 11.6 Å². The van der Waals surface area contributed by atoms with Crippen molar-refractivity contribution in [2.45, 2.75) is 32.2 Å². The molecule has 146 valence electrons. The van der Waals surface area contributed by atoms with Gasteiger partial charge in [-0.25, -0.2) is 13.2 Å². The highest BCUT2D eigenvalue weighted by Gasteiger charge is 2.27. The van der Waals surface area contributed by atoms with Crippen molar-refractivity contribution in [1.29, 1.82) is 0 Å². The predicted octanol–water partition coefficient (Wildman–Crippen LogP) is 5.12. The van der Waals surface area contributed by atoms with Gasteiger partial charge in [0.1, 0.15) is 5.56 Å². The Morgan fingerprint density at radius 1 is 1.15 bits per heavy atom. The molecule has 27 heavy (non-hydrogen) atoms. The van der Waals surface area contributed by atoms with Gasteiger partial charge in [-0.15, -0.1) is 11.6 Å². The molecular formula is C20H21ClF3NO2. The van der Waals surface area contributed by atoms with Crippen LogP contribution in [0.3, 0.4) is 0 Å². The maximum Gasteiger partial charge on any atom is 0.258 e. The summed E-state index contributed by atoms with van der Waals surface area (Å²) >= 11 is 5.95. The van der Waals surface area contributed by atoms with Crippen LogP contribution in [0.5, 0.6) is 5.75 Å². The van der Waals surface area contributed by atoms with E-state index in [-0.39, 0.29) is 11.3 Å². The van der Waals surface area contributed by atoms with Crippen molar-refractivity contribution in [2.75, 3.05) is 13.0 Å². The fourth-order valence-electron chi connectivity index (χ4n) is 2.64. The molecule has 2 aromatic rings. The largest absolute Gasteiger partial charge is 0.493 e. The van der Waals surface area contributed by atoms with E-state index in [2.05, 4.69) is 26.1 Å². The van der Waals surface area contributed by atoms with Gasteiger partial charge in [0, 0.05) is 11.9 Å². The summed E-state index contributed by atoms with van der Waals surface area (Å²) in [5.74, 6) is -5.82. The van der Waals surface area contributed by atoms with Gasteiger partial charge in [0.05, 0.1) is 13.2 Å². The molecule has 0 bridgehead atoms. The molecule has 1 amide bonds. The highest BCUT2D eigenvalue weighted by molar-refractivity contribution is 6.18. The van der Waals surface area contributed by atoms with Crippen molar-refractivity contribution in [2.24, 2.45) is 0 Å². The van der Waals surface area contributed by atoms with Gasteiger partial charge in [0.15, 0.2) is 23.2 Å². The first-order valence-electron chi connectivity index (χ1n) is 8.29. The lowest BCUT2D eigenvalue weighted by molar-refractivity contribution is 0.0930. The summed E-state index contributed by atoms with van der Waals surface area (Å²) in [6.45, 7) is 6.20. The molecule has 0 aromatic heterocycles. The zero-order valence-corrected chi connectivity index (χ0v) is 16.3. The lowest BCUT2D eigenvalue weighted by atomic mass is 9.86. The van der Waals surface area contributed by atoms with E-state index in [1.54, 1.807) is 12.1 Å². The topological polar surface area (TPSA) is 38.3 Å². The number of amides is 1. The minimum atomic E-state index is -1.48. The van der Waals surface area contributed by atoms with Crippen molar-refractivity contribution in [3.8, 4) is 5.75 Å². The zero-order chi connectivity index (χ0) is 20.4. The quantitative estimate of drug-likeness (QED) is 0.559. The second-order valence-corrected chi connectivity index (χ2v) is 7.42. The molecule has 2 aromatic carbocycles. The van der Waals surface area contributed by atoms with Gasteiger partial charge >= 0.3 is 0 Å². The Bertz CT molecular complexity index is 833. The number of carbonyl (C=O) groups excluding carboxylic acids is 1. The number of ether oxygens (including phenoxy) is 1. The van der Waals surface area contributed by atoms with E-state index in [4.69, 9.17) is 16.3 Å². The van der Waals surface area contributed by atoms with Gasteiger partial charge in [-0.05, 0) is 16.5 Å². The van der Waals surface area contributed by atoms with Crippen LogP contribution >= 0.6 is 11.6 Å². The van der Waals surface area contributed by atoms with Crippen LogP contribution in [0, 0.1) is 17.5 Å². The van der Waals surface area contributed by atoms with Crippen LogP contribution in [-0.4, -0.2) is 18.9 Å². The average Bonchev–Trinajstić information content (AvgIpc) is 2.61. The fraction of sp³-hybridized carbons (Fsp3) is 0.350. The van der Waals surface area contributed by atoms with Gasteiger partial charge in [0.25, 0.3) is 5.91 Å². The van der Waals surface area contributed by atoms with E-state index in [1.807, 2.05) is 12.1 Å². The third kappa shape index (κ3) is 4.56. The molecule has 1 atom stereocenters. The maximum absolute atomic E-state index is 14.1. The van der Waals surface area contributed by atoms with Crippen molar-refractivity contribution < 1.29 is 22.7 Å². The van der Waals surface area contributed by atoms with Gasteiger partial charge in [-0.2, -0.15) is 0 Å².